The van der Waals surface area contributed by atoms with Crippen LogP contribution >= 0.6 is 0 Å². The van der Waals surface area contributed by atoms with E-state index in [9.17, 15) is 5.11 Å². The average molecular weight is 276 g/mol. The molecule has 1 atom stereocenters. The van der Waals surface area contributed by atoms with Crippen molar-refractivity contribution in [1.82, 2.24) is 5.32 Å². The molecule has 20 heavy (non-hydrogen) atoms. The molecule has 1 saturated heterocycles. The van der Waals surface area contributed by atoms with Gasteiger partial charge in [-0.2, -0.15) is 0 Å². The van der Waals surface area contributed by atoms with Crippen molar-refractivity contribution in [3.63, 3.8) is 0 Å². The molecule has 0 aliphatic carbocycles. The summed E-state index contributed by atoms with van der Waals surface area (Å²) in [5, 5.41) is 13.7. The van der Waals surface area contributed by atoms with Crippen LogP contribution in [0.2, 0.25) is 0 Å². The molecule has 0 amide bonds. The van der Waals surface area contributed by atoms with Gasteiger partial charge in [0, 0.05) is 25.3 Å². The second kappa shape index (κ2) is 6.59. The monoisotopic (exact) mass is 276 g/mol. The summed E-state index contributed by atoms with van der Waals surface area (Å²) in [6.45, 7) is 10.1. The molecule has 1 aliphatic rings. The van der Waals surface area contributed by atoms with Crippen molar-refractivity contribution in [1.29, 1.82) is 0 Å². The molecular weight excluding hydrogens is 248 g/mol. The first-order chi connectivity index (χ1) is 9.52. The van der Waals surface area contributed by atoms with Crippen molar-refractivity contribution in [3.05, 3.63) is 29.3 Å². The van der Waals surface area contributed by atoms with Gasteiger partial charge in [-0.15, -0.1) is 0 Å². The molecule has 1 aromatic carbocycles. The van der Waals surface area contributed by atoms with Gasteiger partial charge in [-0.05, 0) is 51.3 Å². The first-order valence-corrected chi connectivity index (χ1v) is 7.79. The van der Waals surface area contributed by atoms with E-state index in [1.165, 1.54) is 16.8 Å². The van der Waals surface area contributed by atoms with Crippen LogP contribution < -0.4 is 10.2 Å². The molecule has 0 bridgehead atoms. The Bertz CT molecular complexity index is 443. The van der Waals surface area contributed by atoms with Gasteiger partial charge in [0.2, 0.25) is 0 Å². The number of nitrogens with one attached hydrogen (secondary N) is 1. The smallest absolute Gasteiger partial charge is 0.0637 e. The fourth-order valence-electron chi connectivity index (χ4n) is 2.93. The van der Waals surface area contributed by atoms with E-state index >= 15 is 0 Å². The van der Waals surface area contributed by atoms with Crippen LogP contribution in [0.25, 0.3) is 0 Å². The normalized spacial score (nSPS) is 23.7. The molecule has 112 valence electrons. The van der Waals surface area contributed by atoms with Gasteiger partial charge in [-0.1, -0.05) is 24.6 Å². The molecule has 1 heterocycles. The van der Waals surface area contributed by atoms with Crippen LogP contribution in [-0.4, -0.2) is 30.3 Å². The molecule has 2 N–H and O–H groups in total. The first-order valence-electron chi connectivity index (χ1n) is 7.79. The summed E-state index contributed by atoms with van der Waals surface area (Å²) in [5.41, 5.74) is 3.51. The van der Waals surface area contributed by atoms with Crippen LogP contribution in [-0.2, 0) is 6.54 Å². The zero-order valence-corrected chi connectivity index (χ0v) is 13.1. The summed E-state index contributed by atoms with van der Waals surface area (Å²) in [6.07, 6.45) is 2.81. The lowest BCUT2D eigenvalue weighted by Gasteiger charge is -2.27. The number of nitrogens with zero attached hydrogens (tertiary/aromatic N) is 1. The predicted molar refractivity (Wildman–Crippen MR) is 85.2 cm³/mol. The van der Waals surface area contributed by atoms with Crippen LogP contribution in [0, 0.1) is 6.92 Å². The molecule has 0 spiro atoms. The minimum Gasteiger partial charge on any atom is -0.390 e. The zero-order chi connectivity index (χ0) is 14.6. The van der Waals surface area contributed by atoms with E-state index in [1.807, 2.05) is 6.92 Å². The highest BCUT2D eigenvalue weighted by Crippen LogP contribution is 2.28. The zero-order valence-electron chi connectivity index (χ0n) is 13.1. The lowest BCUT2D eigenvalue weighted by atomic mass is 9.98. The van der Waals surface area contributed by atoms with E-state index in [0.29, 0.717) is 0 Å². The molecule has 3 heteroatoms. The first kappa shape index (κ1) is 15.3. The number of benzene rings is 1. The number of hydrogen-bond donors (Lipinski definition) is 2. The molecule has 0 saturated carbocycles. The number of anilines is 1. The Labute approximate surface area is 123 Å². The molecule has 1 aromatic rings. The predicted octanol–water partition coefficient (Wildman–Crippen LogP) is 2.85. The van der Waals surface area contributed by atoms with Crippen LogP contribution in [0.15, 0.2) is 18.2 Å². The minimum absolute atomic E-state index is 0.499. The summed E-state index contributed by atoms with van der Waals surface area (Å²) in [7, 11) is 0. The Morgan fingerprint density at radius 3 is 2.85 bits per heavy atom. The Kier molecular flexibility index (Phi) is 5.06. The molecule has 2 rings (SSSR count). The number of rotatable bonds is 4. The highest BCUT2D eigenvalue weighted by Gasteiger charge is 2.25. The molecule has 0 radical (unpaired) electrons. The Hall–Kier alpha value is -1.06. The number of aryl methyl sites for hydroxylation is 1. The van der Waals surface area contributed by atoms with Gasteiger partial charge in [-0.25, -0.2) is 0 Å². The molecule has 3 nitrogen and oxygen atoms in total. The Morgan fingerprint density at radius 1 is 1.30 bits per heavy atom. The van der Waals surface area contributed by atoms with E-state index in [2.05, 4.69) is 42.3 Å². The largest absolute Gasteiger partial charge is 0.390 e. The van der Waals surface area contributed by atoms with Gasteiger partial charge < -0.3 is 15.3 Å². The maximum atomic E-state index is 10.2. The second-order valence-corrected chi connectivity index (χ2v) is 6.25. The van der Waals surface area contributed by atoms with Gasteiger partial charge in [0.15, 0.2) is 0 Å². The lowest BCUT2D eigenvalue weighted by molar-refractivity contribution is 0.0481. The van der Waals surface area contributed by atoms with E-state index in [4.69, 9.17) is 0 Å². The van der Waals surface area contributed by atoms with E-state index in [1.54, 1.807) is 0 Å². The quantitative estimate of drug-likeness (QED) is 0.887. The van der Waals surface area contributed by atoms with Crippen molar-refractivity contribution >= 4 is 5.69 Å². The summed E-state index contributed by atoms with van der Waals surface area (Å²) >= 11 is 0. The SMILES string of the molecule is CCNCc1cc(C)ccc1N1CCCC(C)(O)CC1. The molecule has 1 unspecified atom stereocenters. The van der Waals surface area contributed by atoms with Crippen LogP contribution in [0.3, 0.4) is 0 Å². The van der Waals surface area contributed by atoms with Crippen molar-refractivity contribution in [3.8, 4) is 0 Å². The van der Waals surface area contributed by atoms with Gasteiger partial charge in [0.05, 0.1) is 5.60 Å². The second-order valence-electron chi connectivity index (χ2n) is 6.25. The van der Waals surface area contributed by atoms with Crippen LogP contribution in [0.5, 0.6) is 0 Å². The molecular formula is C17H28N2O. The van der Waals surface area contributed by atoms with Gasteiger partial charge in [0.25, 0.3) is 0 Å². The number of hydrogen-bond acceptors (Lipinski definition) is 3. The highest BCUT2D eigenvalue weighted by atomic mass is 16.3. The minimum atomic E-state index is -0.499. The van der Waals surface area contributed by atoms with E-state index in [-0.39, 0.29) is 0 Å². The van der Waals surface area contributed by atoms with Gasteiger partial charge in [0.1, 0.15) is 0 Å². The van der Waals surface area contributed by atoms with Crippen molar-refractivity contribution in [2.75, 3.05) is 24.5 Å². The fraction of sp³-hybridized carbons (Fsp3) is 0.647. The Morgan fingerprint density at radius 2 is 2.10 bits per heavy atom. The third-order valence-corrected chi connectivity index (χ3v) is 4.20. The van der Waals surface area contributed by atoms with Crippen LogP contribution in [0.4, 0.5) is 5.69 Å². The Balaban J connectivity index is 2.18. The summed E-state index contributed by atoms with van der Waals surface area (Å²) < 4.78 is 0. The maximum absolute atomic E-state index is 10.2. The fourth-order valence-corrected chi connectivity index (χ4v) is 2.93. The average Bonchev–Trinajstić information content (AvgIpc) is 2.58. The third-order valence-electron chi connectivity index (χ3n) is 4.20. The summed E-state index contributed by atoms with van der Waals surface area (Å²) in [6, 6.07) is 6.71. The maximum Gasteiger partial charge on any atom is 0.0637 e. The van der Waals surface area contributed by atoms with E-state index in [0.717, 1.165) is 45.4 Å². The lowest BCUT2D eigenvalue weighted by Crippen LogP contribution is -2.29. The summed E-state index contributed by atoms with van der Waals surface area (Å²) in [5.74, 6) is 0. The highest BCUT2D eigenvalue weighted by molar-refractivity contribution is 5.55. The summed E-state index contributed by atoms with van der Waals surface area (Å²) in [4.78, 5) is 2.44. The molecule has 0 aromatic heterocycles. The van der Waals surface area contributed by atoms with Crippen LogP contribution in [0.1, 0.15) is 44.2 Å². The van der Waals surface area contributed by atoms with Crippen molar-refractivity contribution in [2.45, 2.75) is 52.2 Å². The van der Waals surface area contributed by atoms with Gasteiger partial charge >= 0.3 is 0 Å². The van der Waals surface area contributed by atoms with E-state index < -0.39 is 5.60 Å². The molecule has 1 aliphatic heterocycles. The van der Waals surface area contributed by atoms with Crippen molar-refractivity contribution < 1.29 is 5.11 Å². The molecule has 1 fully saturated rings. The standard InChI is InChI=1S/C17H28N2O/c1-4-18-13-15-12-14(2)6-7-16(15)19-10-5-8-17(3,20)9-11-19/h6-7,12,18,20H,4-5,8-11,13H2,1-3H3. The number of aliphatic hydroxyl groups is 1. The van der Waals surface area contributed by atoms with Gasteiger partial charge in [-0.3, -0.25) is 0 Å². The topological polar surface area (TPSA) is 35.5 Å². The van der Waals surface area contributed by atoms with Crippen molar-refractivity contribution in [2.24, 2.45) is 0 Å². The third kappa shape index (κ3) is 3.97.